The number of nitrogens with one attached hydrogen (secondary N) is 1. The number of benzene rings is 2. The molecule has 5 nitrogen and oxygen atoms in total. The second-order valence-corrected chi connectivity index (χ2v) is 8.75. The molecular weight excluding hydrogens is 392 g/mol. The summed E-state index contributed by atoms with van der Waals surface area (Å²) in [6, 6.07) is 11.0. The van der Waals surface area contributed by atoms with Gasteiger partial charge in [0.25, 0.3) is 0 Å². The molecule has 4 rings (SSSR count). The lowest BCUT2D eigenvalue weighted by Crippen LogP contribution is -2.22. The fourth-order valence-corrected chi connectivity index (χ4v) is 4.86. The van der Waals surface area contributed by atoms with E-state index < -0.39 is 0 Å². The van der Waals surface area contributed by atoms with Gasteiger partial charge in [0.05, 0.1) is 15.5 Å². The van der Waals surface area contributed by atoms with Crippen LogP contribution in [0.15, 0.2) is 40.7 Å². The van der Waals surface area contributed by atoms with Gasteiger partial charge >= 0.3 is 0 Å². The average molecular weight is 407 g/mol. The number of aromatic nitrogens is 1. The first-order valence-electron chi connectivity index (χ1n) is 8.02. The van der Waals surface area contributed by atoms with Gasteiger partial charge in [-0.1, -0.05) is 23.4 Å². The van der Waals surface area contributed by atoms with Crippen LogP contribution < -0.4 is 14.8 Å². The Morgan fingerprint density at radius 2 is 2.04 bits per heavy atom. The van der Waals surface area contributed by atoms with Gasteiger partial charge in [0, 0.05) is 16.8 Å². The van der Waals surface area contributed by atoms with Crippen molar-refractivity contribution in [3.63, 3.8) is 0 Å². The maximum absolute atomic E-state index is 12.5. The Morgan fingerprint density at radius 3 is 2.88 bits per heavy atom. The SMILES string of the molecule is C[C@@H](Sc1nc2cc(Cl)ccc2s1)C(=O)Nc1ccc2c(c1)OCCO2. The van der Waals surface area contributed by atoms with Gasteiger partial charge < -0.3 is 14.8 Å². The van der Waals surface area contributed by atoms with Crippen molar-refractivity contribution in [1.82, 2.24) is 4.98 Å². The highest BCUT2D eigenvalue weighted by Crippen LogP contribution is 2.35. The predicted octanol–water partition coefficient (Wildman–Crippen LogP) is 4.84. The van der Waals surface area contributed by atoms with E-state index >= 15 is 0 Å². The molecule has 0 saturated carbocycles. The summed E-state index contributed by atoms with van der Waals surface area (Å²) in [7, 11) is 0. The normalized spacial score (nSPS) is 14.2. The number of carbonyl (C=O) groups is 1. The molecule has 8 heteroatoms. The van der Waals surface area contributed by atoms with Crippen LogP contribution in [0.25, 0.3) is 10.2 Å². The average Bonchev–Trinajstić information content (AvgIpc) is 3.02. The highest BCUT2D eigenvalue weighted by atomic mass is 35.5. The number of thioether (sulfide) groups is 1. The largest absolute Gasteiger partial charge is 0.486 e. The zero-order valence-corrected chi connectivity index (χ0v) is 16.2. The summed E-state index contributed by atoms with van der Waals surface area (Å²) < 4.78 is 12.9. The number of carbonyl (C=O) groups excluding carboxylic acids is 1. The van der Waals surface area contributed by atoms with Gasteiger partial charge in [0.1, 0.15) is 13.2 Å². The summed E-state index contributed by atoms with van der Waals surface area (Å²) >= 11 is 8.98. The van der Waals surface area contributed by atoms with Crippen molar-refractivity contribution in [1.29, 1.82) is 0 Å². The van der Waals surface area contributed by atoms with E-state index in [2.05, 4.69) is 10.3 Å². The summed E-state index contributed by atoms with van der Waals surface area (Å²) in [5, 5.41) is 3.28. The van der Waals surface area contributed by atoms with Crippen molar-refractivity contribution in [2.75, 3.05) is 18.5 Å². The molecular formula is C18H15ClN2O3S2. The van der Waals surface area contributed by atoms with Crippen LogP contribution in [0.1, 0.15) is 6.92 Å². The second kappa shape index (κ2) is 7.34. The molecule has 2 aromatic carbocycles. The van der Waals surface area contributed by atoms with Crippen LogP contribution in [-0.2, 0) is 4.79 Å². The topological polar surface area (TPSA) is 60.5 Å². The van der Waals surface area contributed by atoms with Crippen molar-refractivity contribution in [3.8, 4) is 11.5 Å². The molecule has 1 atom stereocenters. The monoisotopic (exact) mass is 406 g/mol. The first-order valence-corrected chi connectivity index (χ1v) is 10.1. The molecule has 0 unspecified atom stereocenters. The fourth-order valence-electron chi connectivity index (χ4n) is 2.50. The number of thiazole rings is 1. The van der Waals surface area contributed by atoms with E-state index in [1.165, 1.54) is 11.8 Å². The van der Waals surface area contributed by atoms with Crippen LogP contribution in [0.2, 0.25) is 5.02 Å². The van der Waals surface area contributed by atoms with Crippen molar-refractivity contribution in [2.24, 2.45) is 0 Å². The van der Waals surface area contributed by atoms with E-state index in [1.807, 2.05) is 31.2 Å². The molecule has 1 N–H and O–H groups in total. The molecule has 134 valence electrons. The quantitative estimate of drug-likeness (QED) is 0.628. The van der Waals surface area contributed by atoms with Crippen LogP contribution in [0.4, 0.5) is 5.69 Å². The van der Waals surface area contributed by atoms with Gasteiger partial charge in [-0.2, -0.15) is 0 Å². The Morgan fingerprint density at radius 1 is 1.23 bits per heavy atom. The molecule has 0 aliphatic carbocycles. The lowest BCUT2D eigenvalue weighted by Gasteiger charge is -2.19. The second-order valence-electron chi connectivity index (χ2n) is 5.70. The molecule has 26 heavy (non-hydrogen) atoms. The maximum atomic E-state index is 12.5. The summed E-state index contributed by atoms with van der Waals surface area (Å²) in [5.74, 6) is 1.26. The molecule has 0 fully saturated rings. The lowest BCUT2D eigenvalue weighted by atomic mass is 10.2. The molecule has 2 heterocycles. The number of hydrogen-bond acceptors (Lipinski definition) is 6. The zero-order chi connectivity index (χ0) is 18.1. The minimum Gasteiger partial charge on any atom is -0.486 e. The number of ether oxygens (including phenoxy) is 2. The van der Waals surface area contributed by atoms with Crippen molar-refractivity contribution in [2.45, 2.75) is 16.5 Å². The first-order chi connectivity index (χ1) is 12.6. The van der Waals surface area contributed by atoms with Gasteiger partial charge in [-0.15, -0.1) is 11.3 Å². The van der Waals surface area contributed by atoms with Crippen LogP contribution in [-0.4, -0.2) is 29.4 Å². The minimum absolute atomic E-state index is 0.0935. The molecule has 1 aliphatic rings. The van der Waals surface area contributed by atoms with E-state index in [0.717, 1.165) is 14.6 Å². The summed E-state index contributed by atoms with van der Waals surface area (Å²) in [4.78, 5) is 17.0. The molecule has 0 spiro atoms. The lowest BCUT2D eigenvalue weighted by molar-refractivity contribution is -0.115. The Balaban J connectivity index is 1.43. The van der Waals surface area contributed by atoms with E-state index in [9.17, 15) is 4.79 Å². The van der Waals surface area contributed by atoms with Crippen LogP contribution in [0, 0.1) is 0 Å². The van der Waals surface area contributed by atoms with E-state index in [1.54, 1.807) is 23.5 Å². The predicted molar refractivity (Wildman–Crippen MR) is 106 cm³/mol. The third kappa shape index (κ3) is 3.75. The van der Waals surface area contributed by atoms with E-state index in [4.69, 9.17) is 21.1 Å². The molecule has 1 aromatic heterocycles. The summed E-state index contributed by atoms with van der Waals surface area (Å²) in [6.45, 7) is 2.91. The summed E-state index contributed by atoms with van der Waals surface area (Å²) in [5.41, 5.74) is 1.53. The number of fused-ring (bicyclic) bond motifs is 2. The van der Waals surface area contributed by atoms with Crippen molar-refractivity contribution < 1.29 is 14.3 Å². The third-order valence-electron chi connectivity index (χ3n) is 3.79. The van der Waals surface area contributed by atoms with Crippen molar-refractivity contribution in [3.05, 3.63) is 41.4 Å². The number of halogens is 1. The van der Waals surface area contributed by atoms with Gasteiger partial charge in [-0.3, -0.25) is 4.79 Å². The van der Waals surface area contributed by atoms with Crippen LogP contribution in [0.3, 0.4) is 0 Å². The molecule has 3 aromatic rings. The molecule has 0 saturated heterocycles. The Kier molecular flexibility index (Phi) is 4.93. The third-order valence-corrected chi connectivity index (χ3v) is 6.25. The highest BCUT2D eigenvalue weighted by Gasteiger charge is 2.18. The first kappa shape index (κ1) is 17.5. The number of nitrogens with zero attached hydrogens (tertiary/aromatic N) is 1. The van der Waals surface area contributed by atoms with Gasteiger partial charge in [0.2, 0.25) is 5.91 Å². The van der Waals surface area contributed by atoms with E-state index in [-0.39, 0.29) is 11.2 Å². The Bertz CT molecular complexity index is 976. The number of amides is 1. The minimum atomic E-state index is -0.292. The molecule has 1 aliphatic heterocycles. The van der Waals surface area contributed by atoms with Gasteiger partial charge in [0.15, 0.2) is 15.8 Å². The summed E-state index contributed by atoms with van der Waals surface area (Å²) in [6.07, 6.45) is 0. The smallest absolute Gasteiger partial charge is 0.237 e. The molecule has 1 amide bonds. The number of anilines is 1. The van der Waals surface area contributed by atoms with Crippen molar-refractivity contribution >= 4 is 56.5 Å². The maximum Gasteiger partial charge on any atom is 0.237 e. The highest BCUT2D eigenvalue weighted by molar-refractivity contribution is 8.02. The molecule has 0 radical (unpaired) electrons. The Hall–Kier alpha value is -1.96. The standard InChI is InChI=1S/C18H15ClN2O3S2/c1-10(25-18-21-13-8-11(19)2-5-16(13)26-18)17(22)20-12-3-4-14-15(9-12)24-7-6-23-14/h2-5,8-10H,6-7H2,1H3,(H,20,22)/t10-/m1/s1. The van der Waals surface area contributed by atoms with Gasteiger partial charge in [-0.25, -0.2) is 4.98 Å². The molecule has 0 bridgehead atoms. The van der Waals surface area contributed by atoms with Crippen LogP contribution >= 0.6 is 34.7 Å². The number of rotatable bonds is 4. The van der Waals surface area contributed by atoms with Gasteiger partial charge in [-0.05, 0) is 37.3 Å². The van der Waals surface area contributed by atoms with E-state index in [0.29, 0.717) is 35.4 Å². The Labute approximate surface area is 163 Å². The zero-order valence-electron chi connectivity index (χ0n) is 13.8. The van der Waals surface area contributed by atoms with Crippen LogP contribution in [0.5, 0.6) is 11.5 Å². The fraction of sp³-hybridized carbons (Fsp3) is 0.222. The number of hydrogen-bond donors (Lipinski definition) is 1.